The van der Waals surface area contributed by atoms with Crippen molar-refractivity contribution >= 4 is 44.8 Å². The second kappa shape index (κ2) is 10.8. The standard InChI is InChI=1S/C25H26Cl2N2O4S/c1-16-10-17(2)25(18(3)11-16)34(31,32)29(14-19-8-9-22(26)23(27)12-19)15-24(30)28-20-6-5-7-21(13-20)33-4/h5-13H,14-15H2,1-4H3,(H,28,30). The molecule has 3 aromatic carbocycles. The fourth-order valence-electron chi connectivity index (χ4n) is 3.83. The lowest BCUT2D eigenvalue weighted by Crippen LogP contribution is -2.38. The number of benzene rings is 3. The van der Waals surface area contributed by atoms with Gasteiger partial charge in [0, 0.05) is 18.3 Å². The van der Waals surface area contributed by atoms with Crippen LogP contribution in [0.15, 0.2) is 59.5 Å². The molecule has 3 rings (SSSR count). The van der Waals surface area contributed by atoms with Crippen molar-refractivity contribution in [1.29, 1.82) is 0 Å². The molecule has 0 aromatic heterocycles. The summed E-state index contributed by atoms with van der Waals surface area (Å²) in [6, 6.07) is 15.4. The number of aryl methyl sites for hydroxylation is 3. The Morgan fingerprint density at radius 2 is 1.65 bits per heavy atom. The van der Waals surface area contributed by atoms with Gasteiger partial charge in [0.05, 0.1) is 28.6 Å². The van der Waals surface area contributed by atoms with E-state index < -0.39 is 22.5 Å². The Balaban J connectivity index is 1.97. The highest BCUT2D eigenvalue weighted by atomic mass is 35.5. The average Bonchev–Trinajstić information content (AvgIpc) is 2.75. The number of nitrogens with zero attached hydrogens (tertiary/aromatic N) is 1. The van der Waals surface area contributed by atoms with Gasteiger partial charge in [-0.2, -0.15) is 4.31 Å². The third-order valence-corrected chi connectivity index (χ3v) is 8.06. The van der Waals surface area contributed by atoms with Crippen LogP contribution in [0.5, 0.6) is 5.75 Å². The maximum absolute atomic E-state index is 13.8. The lowest BCUT2D eigenvalue weighted by Gasteiger charge is -2.24. The van der Waals surface area contributed by atoms with Gasteiger partial charge in [-0.1, -0.05) is 53.0 Å². The molecule has 1 amide bonds. The van der Waals surface area contributed by atoms with E-state index in [-0.39, 0.29) is 11.4 Å². The largest absolute Gasteiger partial charge is 0.497 e. The number of carbonyl (C=O) groups excluding carboxylic acids is 1. The molecule has 9 heteroatoms. The number of rotatable bonds is 8. The van der Waals surface area contributed by atoms with E-state index in [1.54, 1.807) is 56.3 Å². The fraction of sp³-hybridized carbons (Fsp3) is 0.240. The van der Waals surface area contributed by atoms with Crippen LogP contribution in [0.4, 0.5) is 5.69 Å². The number of hydrogen-bond acceptors (Lipinski definition) is 4. The SMILES string of the molecule is COc1cccc(NC(=O)CN(Cc2ccc(Cl)c(Cl)c2)S(=O)(=O)c2c(C)cc(C)cc2C)c1. The van der Waals surface area contributed by atoms with E-state index in [2.05, 4.69) is 5.32 Å². The zero-order valence-electron chi connectivity index (χ0n) is 19.4. The van der Waals surface area contributed by atoms with Gasteiger partial charge in [-0.25, -0.2) is 8.42 Å². The van der Waals surface area contributed by atoms with E-state index in [0.717, 1.165) is 9.87 Å². The Morgan fingerprint density at radius 1 is 0.971 bits per heavy atom. The molecule has 0 aliphatic heterocycles. The van der Waals surface area contributed by atoms with Crippen molar-refractivity contribution in [2.75, 3.05) is 19.0 Å². The Bertz CT molecular complexity index is 1300. The molecule has 0 bridgehead atoms. The van der Waals surface area contributed by atoms with Crippen molar-refractivity contribution in [1.82, 2.24) is 4.31 Å². The van der Waals surface area contributed by atoms with Crippen LogP contribution in [0, 0.1) is 20.8 Å². The molecule has 3 aromatic rings. The first-order valence-corrected chi connectivity index (χ1v) is 12.7. The van der Waals surface area contributed by atoms with Crippen molar-refractivity contribution in [3.63, 3.8) is 0 Å². The molecule has 0 saturated carbocycles. The number of hydrogen-bond donors (Lipinski definition) is 1. The van der Waals surface area contributed by atoms with E-state index in [0.29, 0.717) is 38.2 Å². The first-order valence-electron chi connectivity index (χ1n) is 10.5. The zero-order chi connectivity index (χ0) is 25.0. The van der Waals surface area contributed by atoms with E-state index in [1.807, 2.05) is 19.1 Å². The van der Waals surface area contributed by atoms with Crippen molar-refractivity contribution in [3.8, 4) is 5.75 Å². The zero-order valence-corrected chi connectivity index (χ0v) is 21.7. The van der Waals surface area contributed by atoms with Crippen LogP contribution in [0.25, 0.3) is 0 Å². The summed E-state index contributed by atoms with van der Waals surface area (Å²) in [6.07, 6.45) is 0. The van der Waals surface area contributed by atoms with Gasteiger partial charge in [0.2, 0.25) is 15.9 Å². The molecule has 0 fully saturated rings. The molecule has 1 N–H and O–H groups in total. The van der Waals surface area contributed by atoms with Crippen LogP contribution in [-0.2, 0) is 21.4 Å². The van der Waals surface area contributed by atoms with Gasteiger partial charge in [-0.05, 0) is 61.7 Å². The first-order chi connectivity index (χ1) is 16.0. The number of methoxy groups -OCH3 is 1. The first kappa shape index (κ1) is 26.0. The molecule has 6 nitrogen and oxygen atoms in total. The minimum absolute atomic E-state index is 0.0580. The third kappa shape index (κ3) is 6.10. The topological polar surface area (TPSA) is 75.7 Å². The fourth-order valence-corrected chi connectivity index (χ4v) is 5.95. The second-order valence-electron chi connectivity index (χ2n) is 8.03. The predicted octanol–water partition coefficient (Wildman–Crippen LogP) is 5.76. The second-order valence-corrected chi connectivity index (χ2v) is 10.7. The Kier molecular flexibility index (Phi) is 8.25. The van der Waals surface area contributed by atoms with Gasteiger partial charge < -0.3 is 10.1 Å². The summed E-state index contributed by atoms with van der Waals surface area (Å²) >= 11 is 12.2. The lowest BCUT2D eigenvalue weighted by molar-refractivity contribution is -0.116. The van der Waals surface area contributed by atoms with Crippen LogP contribution in [0.1, 0.15) is 22.3 Å². The van der Waals surface area contributed by atoms with Crippen LogP contribution < -0.4 is 10.1 Å². The summed E-state index contributed by atoms with van der Waals surface area (Å²) in [5, 5.41) is 3.41. The van der Waals surface area contributed by atoms with Gasteiger partial charge in [0.15, 0.2) is 0 Å². The van der Waals surface area contributed by atoms with Gasteiger partial charge in [-0.3, -0.25) is 4.79 Å². The van der Waals surface area contributed by atoms with Crippen LogP contribution >= 0.6 is 23.2 Å². The number of anilines is 1. The predicted molar refractivity (Wildman–Crippen MR) is 136 cm³/mol. The third-order valence-electron chi connectivity index (χ3n) is 5.22. The number of sulfonamides is 1. The van der Waals surface area contributed by atoms with E-state index in [1.165, 1.54) is 7.11 Å². The Labute approximate surface area is 210 Å². The minimum Gasteiger partial charge on any atom is -0.497 e. The molecule has 0 spiro atoms. The number of ether oxygens (including phenoxy) is 1. The van der Waals surface area contributed by atoms with E-state index in [4.69, 9.17) is 27.9 Å². The summed E-state index contributed by atoms with van der Waals surface area (Å²) < 4.78 is 33.9. The van der Waals surface area contributed by atoms with Crippen LogP contribution in [0.2, 0.25) is 10.0 Å². The molecule has 0 unspecified atom stereocenters. The van der Waals surface area contributed by atoms with Crippen molar-refractivity contribution in [2.24, 2.45) is 0 Å². The van der Waals surface area contributed by atoms with Crippen molar-refractivity contribution in [3.05, 3.63) is 86.9 Å². The molecule has 34 heavy (non-hydrogen) atoms. The molecule has 0 heterocycles. The summed E-state index contributed by atoms with van der Waals surface area (Å²) in [6.45, 7) is 4.95. The highest BCUT2D eigenvalue weighted by Crippen LogP contribution is 2.28. The number of halogens is 2. The molecule has 0 saturated heterocycles. The number of amides is 1. The van der Waals surface area contributed by atoms with Crippen molar-refractivity contribution in [2.45, 2.75) is 32.2 Å². The summed E-state index contributed by atoms with van der Waals surface area (Å²) in [7, 11) is -2.50. The van der Waals surface area contributed by atoms with Crippen LogP contribution in [0.3, 0.4) is 0 Å². The summed E-state index contributed by atoms with van der Waals surface area (Å²) in [5.41, 5.74) is 3.30. The quantitative estimate of drug-likeness (QED) is 0.409. The summed E-state index contributed by atoms with van der Waals surface area (Å²) in [5.74, 6) is 0.0864. The average molecular weight is 521 g/mol. The highest BCUT2D eigenvalue weighted by Gasteiger charge is 2.30. The molecule has 0 aliphatic carbocycles. The van der Waals surface area contributed by atoms with Gasteiger partial charge in [0.25, 0.3) is 0 Å². The van der Waals surface area contributed by atoms with Gasteiger partial charge in [0.1, 0.15) is 5.75 Å². The minimum atomic E-state index is -4.03. The van der Waals surface area contributed by atoms with Gasteiger partial charge >= 0.3 is 0 Å². The maximum atomic E-state index is 13.8. The highest BCUT2D eigenvalue weighted by molar-refractivity contribution is 7.89. The molecular weight excluding hydrogens is 495 g/mol. The monoisotopic (exact) mass is 520 g/mol. The normalized spacial score (nSPS) is 11.5. The molecular formula is C25H26Cl2N2O4S. The molecule has 180 valence electrons. The number of nitrogens with one attached hydrogen (secondary N) is 1. The molecule has 0 radical (unpaired) electrons. The van der Waals surface area contributed by atoms with Crippen molar-refractivity contribution < 1.29 is 17.9 Å². The molecule has 0 aliphatic rings. The maximum Gasteiger partial charge on any atom is 0.244 e. The summed E-state index contributed by atoms with van der Waals surface area (Å²) in [4.78, 5) is 13.1. The number of carbonyl (C=O) groups is 1. The lowest BCUT2D eigenvalue weighted by atomic mass is 10.1. The molecule has 0 atom stereocenters. The van der Waals surface area contributed by atoms with E-state index in [9.17, 15) is 13.2 Å². The Morgan fingerprint density at radius 3 is 2.26 bits per heavy atom. The smallest absolute Gasteiger partial charge is 0.244 e. The van der Waals surface area contributed by atoms with Crippen LogP contribution in [-0.4, -0.2) is 32.3 Å². The van der Waals surface area contributed by atoms with E-state index >= 15 is 0 Å². The van der Waals surface area contributed by atoms with Gasteiger partial charge in [-0.15, -0.1) is 0 Å². The Hall–Kier alpha value is -2.58.